The third-order valence-electron chi connectivity index (χ3n) is 3.19. The molecule has 110 valence electrons. The van der Waals surface area contributed by atoms with Crippen LogP contribution in [0.4, 0.5) is 5.82 Å². The molecule has 0 atom stereocenters. The summed E-state index contributed by atoms with van der Waals surface area (Å²) in [6.45, 7) is 3.16. The first-order valence-electron chi connectivity index (χ1n) is 6.35. The Morgan fingerprint density at radius 2 is 2.24 bits per heavy atom. The van der Waals surface area contributed by atoms with Gasteiger partial charge in [-0.1, -0.05) is 4.80 Å². The van der Waals surface area contributed by atoms with Gasteiger partial charge in [0.15, 0.2) is 12.0 Å². The maximum Gasteiger partial charge on any atom is 0.410 e. The molecule has 1 aliphatic rings. The van der Waals surface area contributed by atoms with Crippen LogP contribution >= 0.6 is 0 Å². The Kier molecular flexibility index (Phi) is 3.35. The molecule has 0 aliphatic carbocycles. The molecule has 9 nitrogen and oxygen atoms in total. The fourth-order valence-corrected chi connectivity index (χ4v) is 2.12. The van der Waals surface area contributed by atoms with E-state index >= 15 is 0 Å². The zero-order valence-electron chi connectivity index (χ0n) is 11.3. The van der Waals surface area contributed by atoms with E-state index < -0.39 is 10.7 Å². The molecule has 2 aromatic heterocycles. The minimum absolute atomic E-state index is 0.234. The highest BCUT2D eigenvalue weighted by atomic mass is 16.7. The Morgan fingerprint density at radius 3 is 2.90 bits per heavy atom. The van der Waals surface area contributed by atoms with Crippen molar-refractivity contribution >= 4 is 5.82 Å². The largest absolute Gasteiger partial charge is 0.410 e. The van der Waals surface area contributed by atoms with Crippen LogP contribution in [0.1, 0.15) is 18.2 Å². The average Bonchev–Trinajstić information content (AvgIpc) is 3.09. The highest BCUT2D eigenvalue weighted by Gasteiger charge is 2.33. The Morgan fingerprint density at radius 1 is 1.48 bits per heavy atom. The summed E-state index contributed by atoms with van der Waals surface area (Å²) in [4.78, 5) is 15.4. The second-order valence-electron chi connectivity index (χ2n) is 4.67. The summed E-state index contributed by atoms with van der Waals surface area (Å²) >= 11 is 0. The number of rotatable bonds is 4. The van der Waals surface area contributed by atoms with Crippen LogP contribution in [0.5, 0.6) is 0 Å². The molecule has 0 unspecified atom stereocenters. The maximum absolute atomic E-state index is 10.6. The molecule has 0 N–H and O–H groups in total. The molecule has 0 aromatic carbocycles. The van der Waals surface area contributed by atoms with Crippen molar-refractivity contribution in [3.8, 4) is 0 Å². The summed E-state index contributed by atoms with van der Waals surface area (Å²) in [6, 6.07) is 3.63. The smallest absolute Gasteiger partial charge is 0.358 e. The quantitative estimate of drug-likeness (QED) is 0.607. The molecular formula is C12H13N5O4. The third-order valence-corrected chi connectivity index (χ3v) is 3.19. The molecule has 0 radical (unpaired) electrons. The van der Waals surface area contributed by atoms with Gasteiger partial charge in [0, 0.05) is 11.8 Å². The van der Waals surface area contributed by atoms with Gasteiger partial charge in [0.1, 0.15) is 6.54 Å². The van der Waals surface area contributed by atoms with Crippen molar-refractivity contribution < 1.29 is 14.4 Å². The van der Waals surface area contributed by atoms with Gasteiger partial charge in [-0.25, -0.2) is 0 Å². The number of hydrogen-bond donors (Lipinski definition) is 0. The van der Waals surface area contributed by atoms with E-state index in [1.165, 1.54) is 4.80 Å². The van der Waals surface area contributed by atoms with Gasteiger partial charge in [0.05, 0.1) is 24.0 Å². The first kappa shape index (κ1) is 13.6. The van der Waals surface area contributed by atoms with Crippen molar-refractivity contribution in [2.45, 2.75) is 19.3 Å². The van der Waals surface area contributed by atoms with Gasteiger partial charge in [-0.05, 0) is 24.0 Å². The minimum Gasteiger partial charge on any atom is -0.358 e. The molecule has 1 aliphatic heterocycles. The van der Waals surface area contributed by atoms with Crippen molar-refractivity contribution in [2.75, 3.05) is 13.2 Å². The van der Waals surface area contributed by atoms with Gasteiger partial charge >= 0.3 is 5.82 Å². The molecule has 0 spiro atoms. The van der Waals surface area contributed by atoms with Crippen molar-refractivity contribution in [2.24, 2.45) is 0 Å². The lowest BCUT2D eigenvalue weighted by molar-refractivity contribution is -0.389. The van der Waals surface area contributed by atoms with Crippen molar-refractivity contribution in [1.82, 2.24) is 20.0 Å². The number of ether oxygens (including phenoxy) is 2. The highest BCUT2D eigenvalue weighted by molar-refractivity contribution is 5.21. The summed E-state index contributed by atoms with van der Waals surface area (Å²) in [7, 11) is 0. The average molecular weight is 291 g/mol. The van der Waals surface area contributed by atoms with Crippen LogP contribution in [-0.4, -0.2) is 38.1 Å². The summed E-state index contributed by atoms with van der Waals surface area (Å²) < 4.78 is 11.2. The molecule has 0 saturated carbocycles. The third kappa shape index (κ3) is 2.73. The predicted molar refractivity (Wildman–Crippen MR) is 69.3 cm³/mol. The second-order valence-corrected chi connectivity index (χ2v) is 4.67. The van der Waals surface area contributed by atoms with Gasteiger partial charge in [-0.2, -0.15) is 0 Å². The second kappa shape index (κ2) is 5.19. The summed E-state index contributed by atoms with van der Waals surface area (Å²) in [6.07, 6.45) is 2.74. The van der Waals surface area contributed by atoms with Crippen LogP contribution < -0.4 is 0 Å². The van der Waals surface area contributed by atoms with Gasteiger partial charge in [0.25, 0.3) is 0 Å². The summed E-state index contributed by atoms with van der Waals surface area (Å²) in [5, 5.41) is 18.2. The summed E-state index contributed by atoms with van der Waals surface area (Å²) in [5.41, 5.74) is 1.50. The molecule has 0 bridgehead atoms. The molecule has 1 saturated heterocycles. The van der Waals surface area contributed by atoms with Crippen molar-refractivity contribution in [3.05, 3.63) is 45.9 Å². The fourth-order valence-electron chi connectivity index (χ4n) is 2.12. The normalized spacial score (nSPS) is 17.0. The van der Waals surface area contributed by atoms with Crippen LogP contribution in [0.15, 0.2) is 24.5 Å². The monoisotopic (exact) mass is 291 g/mol. The van der Waals surface area contributed by atoms with E-state index in [9.17, 15) is 10.1 Å². The van der Waals surface area contributed by atoms with Crippen molar-refractivity contribution in [1.29, 1.82) is 0 Å². The van der Waals surface area contributed by atoms with Crippen LogP contribution in [0.25, 0.3) is 0 Å². The molecule has 3 heterocycles. The molecule has 2 aromatic rings. The van der Waals surface area contributed by atoms with Crippen LogP contribution in [-0.2, 0) is 21.8 Å². The van der Waals surface area contributed by atoms with E-state index in [0.29, 0.717) is 18.9 Å². The topological polar surface area (TPSA) is 105 Å². The summed E-state index contributed by atoms with van der Waals surface area (Å²) in [5.74, 6) is -1.07. The molecule has 0 amide bonds. The van der Waals surface area contributed by atoms with Crippen LogP contribution in [0.3, 0.4) is 0 Å². The van der Waals surface area contributed by atoms with E-state index in [0.717, 1.165) is 11.8 Å². The standard InChI is InChI=1S/C12H13N5O4/c1-12(20-4-5-21-12)9-2-3-13-10(6-9)8-16-14-7-11(15-16)17(18)19/h2-3,6-7H,4-5,8H2,1H3. The lowest BCUT2D eigenvalue weighted by Crippen LogP contribution is -2.23. The van der Waals surface area contributed by atoms with E-state index in [4.69, 9.17) is 9.47 Å². The number of aromatic nitrogens is 4. The minimum atomic E-state index is -0.777. The molecule has 3 rings (SSSR count). The Balaban J connectivity index is 1.81. The lowest BCUT2D eigenvalue weighted by Gasteiger charge is -2.22. The van der Waals surface area contributed by atoms with E-state index in [1.807, 2.05) is 19.1 Å². The molecular weight excluding hydrogens is 278 g/mol. The van der Waals surface area contributed by atoms with E-state index in [1.54, 1.807) is 6.20 Å². The Bertz CT molecular complexity index is 665. The zero-order valence-corrected chi connectivity index (χ0v) is 11.3. The maximum atomic E-state index is 10.6. The number of pyridine rings is 1. The molecule has 1 fully saturated rings. The lowest BCUT2D eigenvalue weighted by atomic mass is 10.1. The Hall–Kier alpha value is -2.39. The predicted octanol–water partition coefficient (Wildman–Crippen LogP) is 0.849. The molecule has 9 heteroatoms. The Labute approximate surface area is 119 Å². The number of nitro groups is 1. The van der Waals surface area contributed by atoms with E-state index in [2.05, 4.69) is 15.2 Å². The van der Waals surface area contributed by atoms with Gasteiger partial charge < -0.3 is 19.6 Å². The number of nitrogens with zero attached hydrogens (tertiary/aromatic N) is 5. The van der Waals surface area contributed by atoms with Gasteiger partial charge in [0.2, 0.25) is 0 Å². The fraction of sp³-hybridized carbons (Fsp3) is 0.417. The van der Waals surface area contributed by atoms with Crippen LogP contribution in [0.2, 0.25) is 0 Å². The first-order valence-corrected chi connectivity index (χ1v) is 6.35. The number of hydrogen-bond acceptors (Lipinski definition) is 7. The first-order chi connectivity index (χ1) is 10.1. The van der Waals surface area contributed by atoms with E-state index in [-0.39, 0.29) is 12.4 Å². The van der Waals surface area contributed by atoms with Crippen LogP contribution in [0, 0.1) is 10.1 Å². The SMILES string of the molecule is CC1(c2ccnc(Cn3ncc([N+](=O)[O-])n3)c2)OCCO1. The highest BCUT2D eigenvalue weighted by Crippen LogP contribution is 2.30. The van der Waals surface area contributed by atoms with Gasteiger partial charge in [-0.15, -0.1) is 5.10 Å². The zero-order chi connectivity index (χ0) is 14.9. The van der Waals surface area contributed by atoms with Crippen molar-refractivity contribution in [3.63, 3.8) is 0 Å². The van der Waals surface area contributed by atoms with Gasteiger partial charge in [-0.3, -0.25) is 4.98 Å². The molecule has 21 heavy (non-hydrogen) atoms.